The number of halogens is 1. The molecule has 0 saturated heterocycles. The summed E-state index contributed by atoms with van der Waals surface area (Å²) in [6.45, 7) is 0. The van der Waals surface area contributed by atoms with Crippen LogP contribution in [0.2, 0.25) is 0 Å². The molecule has 0 atom stereocenters. The fourth-order valence-electron chi connectivity index (χ4n) is 1.27. The lowest BCUT2D eigenvalue weighted by Gasteiger charge is -2.20. The van der Waals surface area contributed by atoms with Crippen molar-refractivity contribution in [2.24, 2.45) is 0 Å². The van der Waals surface area contributed by atoms with Gasteiger partial charge < -0.3 is 5.11 Å². The number of carboxylic acids is 1. The molecule has 0 aromatic heterocycles. The Hall–Kier alpha value is -1.69. The van der Waals surface area contributed by atoms with E-state index in [0.29, 0.717) is 5.69 Å². The van der Waals surface area contributed by atoms with Crippen LogP contribution < -0.4 is 16.0 Å². The Bertz CT molecular complexity index is 425. The van der Waals surface area contributed by atoms with Crippen molar-refractivity contribution in [1.82, 2.24) is 10.9 Å². The lowest BCUT2D eigenvalue weighted by atomic mass is 10.2. The maximum absolute atomic E-state index is 11.0. The van der Waals surface area contributed by atoms with Crippen LogP contribution in [-0.4, -0.2) is 11.1 Å². The van der Waals surface area contributed by atoms with E-state index in [1.807, 2.05) is 0 Å². The quantitative estimate of drug-likeness (QED) is 0.759. The van der Waals surface area contributed by atoms with Gasteiger partial charge in [0.05, 0.1) is 11.3 Å². The Kier molecular flexibility index (Phi) is 2.51. The Labute approximate surface area is 94.5 Å². The van der Waals surface area contributed by atoms with Crippen LogP contribution in [0.4, 0.5) is 5.69 Å². The number of carboxylic acid groups (broad SMARTS) is 1. The summed E-state index contributed by atoms with van der Waals surface area (Å²) in [5, 5.41) is 10.6. The fourth-order valence-corrected chi connectivity index (χ4v) is 1.64. The minimum absolute atomic E-state index is 0.216. The van der Waals surface area contributed by atoms with Gasteiger partial charge in [-0.15, -0.1) is 0 Å². The average molecular weight is 270 g/mol. The molecule has 1 aliphatic heterocycles. The highest BCUT2D eigenvalue weighted by atomic mass is 79.9. The summed E-state index contributed by atoms with van der Waals surface area (Å²) in [5.74, 6) is -0.971. The number of carbonyl (C=O) groups is 1. The van der Waals surface area contributed by atoms with E-state index in [-0.39, 0.29) is 5.56 Å². The van der Waals surface area contributed by atoms with E-state index >= 15 is 0 Å². The number of anilines is 1. The number of rotatable bonds is 2. The van der Waals surface area contributed by atoms with Crippen molar-refractivity contribution in [3.8, 4) is 0 Å². The zero-order chi connectivity index (χ0) is 10.8. The van der Waals surface area contributed by atoms with E-state index in [1.165, 1.54) is 5.12 Å². The van der Waals surface area contributed by atoms with Gasteiger partial charge in [-0.1, -0.05) is 15.9 Å². The summed E-state index contributed by atoms with van der Waals surface area (Å²) in [4.78, 5) is 11.0. The molecular weight excluding hydrogens is 262 g/mol. The lowest BCUT2D eigenvalue weighted by Crippen LogP contribution is -2.38. The van der Waals surface area contributed by atoms with Gasteiger partial charge in [0.15, 0.2) is 0 Å². The summed E-state index contributed by atoms with van der Waals surface area (Å²) in [7, 11) is 0. The smallest absolute Gasteiger partial charge is 0.338 e. The van der Waals surface area contributed by atoms with Crippen LogP contribution in [0.3, 0.4) is 0 Å². The van der Waals surface area contributed by atoms with Crippen molar-refractivity contribution in [2.75, 3.05) is 5.12 Å². The molecule has 0 amide bonds. The van der Waals surface area contributed by atoms with Crippen molar-refractivity contribution < 1.29 is 9.90 Å². The molecule has 0 radical (unpaired) electrons. The normalized spacial score (nSPS) is 13.5. The number of aromatic carboxylic acids is 1. The Morgan fingerprint density at radius 1 is 1.33 bits per heavy atom. The number of hydrazine groups is 2. The van der Waals surface area contributed by atoms with E-state index in [4.69, 9.17) is 5.11 Å². The Morgan fingerprint density at radius 3 is 2.60 bits per heavy atom. The first-order chi connectivity index (χ1) is 7.18. The van der Waals surface area contributed by atoms with Gasteiger partial charge in [-0.25, -0.2) is 4.79 Å². The monoisotopic (exact) mass is 269 g/mol. The summed E-state index contributed by atoms with van der Waals surface area (Å²) in [5.41, 5.74) is 6.47. The number of hydrogen-bond acceptors (Lipinski definition) is 4. The minimum Gasteiger partial charge on any atom is -0.478 e. The second kappa shape index (κ2) is 3.82. The van der Waals surface area contributed by atoms with Gasteiger partial charge in [-0.2, -0.15) is 5.12 Å². The highest BCUT2D eigenvalue weighted by Crippen LogP contribution is 2.23. The first kappa shape index (κ1) is 9.85. The molecule has 0 aliphatic carbocycles. The van der Waals surface area contributed by atoms with E-state index in [9.17, 15) is 4.79 Å². The number of nitrogens with one attached hydrogen (secondary N) is 2. The predicted octanol–water partition coefficient (Wildman–Crippen LogP) is 1.45. The second-order valence-corrected chi connectivity index (χ2v) is 3.81. The Balaban J connectivity index is 2.41. The van der Waals surface area contributed by atoms with Gasteiger partial charge in [0.1, 0.15) is 0 Å². The summed E-state index contributed by atoms with van der Waals surface area (Å²) >= 11 is 3.23. The molecule has 5 nitrogen and oxygen atoms in total. The Morgan fingerprint density at radius 2 is 2.00 bits per heavy atom. The topological polar surface area (TPSA) is 64.6 Å². The molecule has 0 unspecified atom stereocenters. The maximum atomic E-state index is 11.0. The molecule has 1 aliphatic rings. The summed E-state index contributed by atoms with van der Waals surface area (Å²) in [6.07, 6.45) is 3.35. The maximum Gasteiger partial charge on any atom is 0.338 e. The molecule has 1 aromatic carbocycles. The summed E-state index contributed by atoms with van der Waals surface area (Å²) in [6, 6.07) is 5.04. The number of benzene rings is 1. The molecule has 6 heteroatoms. The molecule has 0 saturated carbocycles. The third-order valence-electron chi connectivity index (χ3n) is 1.92. The molecule has 3 N–H and O–H groups in total. The van der Waals surface area contributed by atoms with E-state index < -0.39 is 5.97 Å². The van der Waals surface area contributed by atoms with Crippen molar-refractivity contribution in [2.45, 2.75) is 0 Å². The second-order valence-electron chi connectivity index (χ2n) is 2.89. The van der Waals surface area contributed by atoms with Gasteiger partial charge in [0.2, 0.25) is 0 Å². The highest BCUT2D eigenvalue weighted by Gasteiger charge is 2.16. The van der Waals surface area contributed by atoms with Crippen molar-refractivity contribution >= 4 is 27.6 Å². The molecule has 78 valence electrons. The molecule has 0 bridgehead atoms. The zero-order valence-electron chi connectivity index (χ0n) is 7.57. The number of hydrogen-bond donors (Lipinski definition) is 3. The van der Waals surface area contributed by atoms with Crippen LogP contribution in [0, 0.1) is 0 Å². The van der Waals surface area contributed by atoms with Crippen LogP contribution in [-0.2, 0) is 0 Å². The van der Waals surface area contributed by atoms with Gasteiger partial charge in [0.25, 0.3) is 0 Å². The van der Waals surface area contributed by atoms with Crippen LogP contribution >= 0.6 is 15.9 Å². The van der Waals surface area contributed by atoms with Crippen molar-refractivity contribution in [3.63, 3.8) is 0 Å². The molecule has 0 fully saturated rings. The molecule has 15 heavy (non-hydrogen) atoms. The highest BCUT2D eigenvalue weighted by molar-refractivity contribution is 9.10. The van der Waals surface area contributed by atoms with Crippen LogP contribution in [0.15, 0.2) is 35.1 Å². The molecular formula is C9H8BrN3O2. The minimum atomic E-state index is -0.971. The van der Waals surface area contributed by atoms with Crippen LogP contribution in [0.25, 0.3) is 0 Å². The van der Waals surface area contributed by atoms with Gasteiger partial charge in [0, 0.05) is 16.9 Å². The van der Waals surface area contributed by atoms with Gasteiger partial charge in [-0.3, -0.25) is 10.9 Å². The molecule has 1 aromatic rings. The average Bonchev–Trinajstić information content (AvgIpc) is 2.70. The molecule has 2 rings (SSSR count). The predicted molar refractivity (Wildman–Crippen MR) is 59.0 cm³/mol. The van der Waals surface area contributed by atoms with E-state index in [1.54, 1.807) is 30.6 Å². The van der Waals surface area contributed by atoms with E-state index in [2.05, 4.69) is 26.8 Å². The van der Waals surface area contributed by atoms with Crippen molar-refractivity contribution in [1.29, 1.82) is 0 Å². The third kappa shape index (κ3) is 1.89. The van der Waals surface area contributed by atoms with Gasteiger partial charge >= 0.3 is 5.97 Å². The molecule has 0 spiro atoms. The largest absolute Gasteiger partial charge is 0.478 e. The zero-order valence-corrected chi connectivity index (χ0v) is 9.15. The van der Waals surface area contributed by atoms with Crippen LogP contribution in [0.5, 0.6) is 0 Å². The standard InChI is InChI=1S/C9H8BrN3O2/c10-6-1-2-8(7(5-6)9(14)15)13-11-3-4-12-13/h1-5,11-12H,(H,14,15). The SMILES string of the molecule is O=C(O)c1cc(Br)ccc1N1NC=CN1. The van der Waals surface area contributed by atoms with E-state index in [0.717, 1.165) is 4.47 Å². The van der Waals surface area contributed by atoms with Gasteiger partial charge in [-0.05, 0) is 18.2 Å². The third-order valence-corrected chi connectivity index (χ3v) is 2.41. The lowest BCUT2D eigenvalue weighted by molar-refractivity contribution is 0.0697. The number of nitrogens with zero attached hydrogens (tertiary/aromatic N) is 1. The van der Waals surface area contributed by atoms with Crippen molar-refractivity contribution in [3.05, 3.63) is 40.6 Å². The summed E-state index contributed by atoms with van der Waals surface area (Å²) < 4.78 is 0.732. The molecule has 1 heterocycles. The first-order valence-electron chi connectivity index (χ1n) is 4.19. The first-order valence-corrected chi connectivity index (χ1v) is 4.98. The fraction of sp³-hybridized carbons (Fsp3) is 0. The van der Waals surface area contributed by atoms with Crippen LogP contribution in [0.1, 0.15) is 10.4 Å².